The van der Waals surface area contributed by atoms with Crippen molar-refractivity contribution in [2.45, 2.75) is 51.1 Å². The zero-order chi connectivity index (χ0) is 17.4. The van der Waals surface area contributed by atoms with E-state index in [2.05, 4.69) is 15.6 Å². The van der Waals surface area contributed by atoms with Crippen LogP contribution >= 0.6 is 12.4 Å². The molecule has 4 rings (SSSR count). The van der Waals surface area contributed by atoms with Gasteiger partial charge in [-0.3, -0.25) is 4.79 Å². The van der Waals surface area contributed by atoms with Gasteiger partial charge in [-0.05, 0) is 56.6 Å². The summed E-state index contributed by atoms with van der Waals surface area (Å²) in [6.07, 6.45) is 5.58. The Labute approximate surface area is 159 Å². The van der Waals surface area contributed by atoms with Crippen LogP contribution < -0.4 is 11.1 Å². The molecule has 1 heterocycles. The van der Waals surface area contributed by atoms with Crippen LogP contribution in [-0.2, 0) is 0 Å². The maximum absolute atomic E-state index is 12.8. The minimum Gasteiger partial charge on any atom is -0.347 e. The number of rotatable bonds is 3. The van der Waals surface area contributed by atoms with E-state index in [1.54, 1.807) is 4.68 Å². The molecule has 140 valence electrons. The van der Waals surface area contributed by atoms with Gasteiger partial charge in [0.15, 0.2) is 5.69 Å². The van der Waals surface area contributed by atoms with E-state index in [0.717, 1.165) is 37.1 Å². The molecule has 7 heteroatoms. The Morgan fingerprint density at radius 1 is 1.19 bits per heavy atom. The fourth-order valence-electron chi connectivity index (χ4n) is 4.60. The Morgan fingerprint density at radius 2 is 1.85 bits per heavy atom. The van der Waals surface area contributed by atoms with Gasteiger partial charge < -0.3 is 11.1 Å². The number of halogens is 1. The van der Waals surface area contributed by atoms with E-state index in [-0.39, 0.29) is 30.4 Å². The zero-order valence-electron chi connectivity index (χ0n) is 15.0. The Morgan fingerprint density at radius 3 is 2.50 bits per heavy atom. The van der Waals surface area contributed by atoms with Gasteiger partial charge in [0.2, 0.25) is 0 Å². The quantitative estimate of drug-likeness (QED) is 0.863. The summed E-state index contributed by atoms with van der Waals surface area (Å²) in [6, 6.07) is 10.3. The van der Waals surface area contributed by atoms with Gasteiger partial charge in [-0.2, -0.15) is 0 Å². The van der Waals surface area contributed by atoms with Gasteiger partial charge in [0.1, 0.15) is 0 Å². The molecule has 0 saturated heterocycles. The molecule has 2 unspecified atom stereocenters. The summed E-state index contributed by atoms with van der Waals surface area (Å²) in [4.78, 5) is 12.8. The van der Waals surface area contributed by atoms with Gasteiger partial charge in [-0.15, -0.1) is 17.5 Å². The van der Waals surface area contributed by atoms with Gasteiger partial charge in [-0.25, -0.2) is 4.68 Å². The first-order chi connectivity index (χ1) is 12.1. The lowest BCUT2D eigenvalue weighted by atomic mass is 9.67. The van der Waals surface area contributed by atoms with E-state index < -0.39 is 0 Å². The predicted octanol–water partition coefficient (Wildman–Crippen LogP) is 2.63. The molecular weight excluding hydrogens is 350 g/mol. The fourth-order valence-corrected chi connectivity index (χ4v) is 4.60. The number of nitrogens with zero attached hydrogens (tertiary/aromatic N) is 3. The molecule has 1 amide bonds. The van der Waals surface area contributed by atoms with Crippen LogP contribution in [0.4, 0.5) is 0 Å². The highest BCUT2D eigenvalue weighted by molar-refractivity contribution is 5.93. The Bertz CT molecular complexity index is 749. The molecule has 2 aromatic rings. The van der Waals surface area contributed by atoms with Crippen LogP contribution in [-0.4, -0.2) is 33.0 Å². The number of hydrogen-bond acceptors (Lipinski definition) is 4. The van der Waals surface area contributed by atoms with E-state index in [1.165, 1.54) is 6.42 Å². The summed E-state index contributed by atoms with van der Waals surface area (Å²) < 4.78 is 1.71. The van der Waals surface area contributed by atoms with Gasteiger partial charge in [0, 0.05) is 12.1 Å². The van der Waals surface area contributed by atoms with Crippen molar-refractivity contribution in [3.8, 4) is 5.69 Å². The Kier molecular flexibility index (Phi) is 5.63. The summed E-state index contributed by atoms with van der Waals surface area (Å²) in [5, 5.41) is 11.6. The molecule has 6 nitrogen and oxygen atoms in total. The Hall–Kier alpha value is -1.92. The summed E-state index contributed by atoms with van der Waals surface area (Å²) in [5.74, 6) is 0.879. The minimum atomic E-state index is -0.114. The van der Waals surface area contributed by atoms with E-state index in [0.29, 0.717) is 17.5 Å². The van der Waals surface area contributed by atoms with Gasteiger partial charge in [0.25, 0.3) is 5.91 Å². The van der Waals surface area contributed by atoms with Crippen molar-refractivity contribution in [1.29, 1.82) is 0 Å². The summed E-state index contributed by atoms with van der Waals surface area (Å²) in [5.41, 5.74) is 8.27. The smallest absolute Gasteiger partial charge is 0.274 e. The van der Waals surface area contributed by atoms with E-state index in [4.69, 9.17) is 5.73 Å². The SMILES string of the molecule is Cc1c(C(=O)NC2C3CCCC2CC(N)C3)nnn1-c1ccccc1.Cl. The monoisotopic (exact) mass is 375 g/mol. The molecular formula is C19H26ClN5O. The van der Waals surface area contributed by atoms with Crippen molar-refractivity contribution < 1.29 is 4.79 Å². The number of nitrogens with two attached hydrogens (primary N) is 1. The van der Waals surface area contributed by atoms with Gasteiger partial charge in [0.05, 0.1) is 11.4 Å². The highest BCUT2D eigenvalue weighted by Gasteiger charge is 2.40. The first-order valence-electron chi connectivity index (χ1n) is 9.17. The summed E-state index contributed by atoms with van der Waals surface area (Å²) in [6.45, 7) is 1.89. The molecule has 3 N–H and O–H groups in total. The molecule has 0 radical (unpaired) electrons. The molecule has 2 saturated carbocycles. The molecule has 1 aromatic carbocycles. The number of fused-ring (bicyclic) bond motifs is 2. The van der Waals surface area contributed by atoms with Crippen LogP contribution in [0.5, 0.6) is 0 Å². The predicted molar refractivity (Wildman–Crippen MR) is 103 cm³/mol. The number of nitrogens with one attached hydrogen (secondary N) is 1. The van der Waals surface area contributed by atoms with Crippen molar-refractivity contribution in [2.24, 2.45) is 17.6 Å². The summed E-state index contributed by atoms with van der Waals surface area (Å²) in [7, 11) is 0. The number of benzene rings is 1. The Balaban J connectivity index is 0.00000196. The zero-order valence-corrected chi connectivity index (χ0v) is 15.8. The lowest BCUT2D eigenvalue weighted by Crippen LogP contribution is -2.53. The highest BCUT2D eigenvalue weighted by Crippen LogP contribution is 2.39. The molecule has 26 heavy (non-hydrogen) atoms. The highest BCUT2D eigenvalue weighted by atomic mass is 35.5. The second-order valence-corrected chi connectivity index (χ2v) is 7.45. The van der Waals surface area contributed by atoms with Crippen LogP contribution in [0.2, 0.25) is 0 Å². The van der Waals surface area contributed by atoms with E-state index in [1.807, 2.05) is 37.3 Å². The topological polar surface area (TPSA) is 85.8 Å². The van der Waals surface area contributed by atoms with Gasteiger partial charge >= 0.3 is 0 Å². The average molecular weight is 376 g/mol. The number of aromatic nitrogens is 3. The van der Waals surface area contributed by atoms with Crippen LogP contribution in [0.3, 0.4) is 0 Å². The largest absolute Gasteiger partial charge is 0.347 e. The third-order valence-corrected chi connectivity index (χ3v) is 5.78. The first kappa shape index (κ1) is 18.9. The first-order valence-corrected chi connectivity index (χ1v) is 9.17. The fraction of sp³-hybridized carbons (Fsp3) is 0.526. The van der Waals surface area contributed by atoms with Crippen LogP contribution in [0.25, 0.3) is 5.69 Å². The van der Waals surface area contributed by atoms with E-state index in [9.17, 15) is 4.79 Å². The second-order valence-electron chi connectivity index (χ2n) is 7.45. The maximum Gasteiger partial charge on any atom is 0.274 e. The van der Waals surface area contributed by atoms with Crippen molar-refractivity contribution >= 4 is 18.3 Å². The molecule has 2 bridgehead atoms. The average Bonchev–Trinajstić information content (AvgIpc) is 2.98. The number of para-hydroxylation sites is 1. The number of carbonyl (C=O) groups is 1. The number of amides is 1. The van der Waals surface area contributed by atoms with Crippen molar-refractivity contribution in [1.82, 2.24) is 20.3 Å². The molecule has 2 atom stereocenters. The maximum atomic E-state index is 12.8. The number of hydrogen-bond donors (Lipinski definition) is 2. The van der Waals surface area contributed by atoms with E-state index >= 15 is 0 Å². The van der Waals surface area contributed by atoms with Crippen LogP contribution in [0, 0.1) is 18.8 Å². The third kappa shape index (κ3) is 3.48. The van der Waals surface area contributed by atoms with Gasteiger partial charge in [-0.1, -0.05) is 29.8 Å². The summed E-state index contributed by atoms with van der Waals surface area (Å²) >= 11 is 0. The minimum absolute atomic E-state index is 0. The standard InChI is InChI=1S/C19H25N5O.ClH/c1-12-17(22-23-24(12)16-8-3-2-4-9-16)19(25)21-18-13-6-5-7-14(18)11-15(20)10-13;/h2-4,8-9,13-15,18H,5-7,10-11,20H2,1H3,(H,21,25);1H. The molecule has 2 aliphatic rings. The van der Waals surface area contributed by atoms with Crippen LogP contribution in [0.1, 0.15) is 48.3 Å². The van der Waals surface area contributed by atoms with Crippen molar-refractivity contribution in [3.05, 3.63) is 41.7 Å². The third-order valence-electron chi connectivity index (χ3n) is 5.78. The second kappa shape index (κ2) is 7.76. The molecule has 2 fully saturated rings. The lowest BCUT2D eigenvalue weighted by molar-refractivity contribution is 0.0751. The molecule has 2 aliphatic carbocycles. The van der Waals surface area contributed by atoms with Crippen molar-refractivity contribution in [2.75, 3.05) is 0 Å². The lowest BCUT2D eigenvalue weighted by Gasteiger charge is -2.45. The molecule has 0 aliphatic heterocycles. The van der Waals surface area contributed by atoms with Crippen LogP contribution in [0.15, 0.2) is 30.3 Å². The van der Waals surface area contributed by atoms with Crippen molar-refractivity contribution in [3.63, 3.8) is 0 Å². The molecule has 1 aromatic heterocycles. The number of carbonyl (C=O) groups excluding carboxylic acids is 1. The molecule has 0 spiro atoms. The normalized spacial score (nSPS) is 27.5.